The van der Waals surface area contributed by atoms with Crippen molar-refractivity contribution < 1.29 is 4.52 Å². The summed E-state index contributed by atoms with van der Waals surface area (Å²) >= 11 is 0. The molecule has 0 radical (unpaired) electrons. The fourth-order valence-corrected chi connectivity index (χ4v) is 1.86. The summed E-state index contributed by atoms with van der Waals surface area (Å²) in [5.41, 5.74) is 6.87. The number of unbranched alkanes of at least 4 members (excludes halogenated alkanes) is 3. The molecule has 0 aliphatic rings. The first kappa shape index (κ1) is 12.1. The van der Waals surface area contributed by atoms with Crippen molar-refractivity contribution in [2.75, 3.05) is 5.73 Å². The summed E-state index contributed by atoms with van der Waals surface area (Å²) in [6.45, 7) is 6.46. The Bertz CT molecular complexity index is 292. The Labute approximate surface area is 92.0 Å². The van der Waals surface area contributed by atoms with Gasteiger partial charge in [-0.1, -0.05) is 45.2 Å². The standard InChI is InChI=1S/C12H22N2O/c1-4-5-6-7-8-10-11(9(2)3)12(13)14-15-10/h9H,4-8H2,1-3H3,(H2,13,14). The fourth-order valence-electron chi connectivity index (χ4n) is 1.86. The van der Waals surface area contributed by atoms with E-state index >= 15 is 0 Å². The molecule has 0 aliphatic carbocycles. The largest absolute Gasteiger partial charge is 0.381 e. The van der Waals surface area contributed by atoms with E-state index in [-0.39, 0.29) is 0 Å². The lowest BCUT2D eigenvalue weighted by molar-refractivity contribution is 0.378. The molecule has 86 valence electrons. The van der Waals surface area contributed by atoms with Crippen LogP contribution in [0.5, 0.6) is 0 Å². The third kappa shape index (κ3) is 3.26. The molecular weight excluding hydrogens is 188 g/mol. The third-order valence-corrected chi connectivity index (χ3v) is 2.67. The Morgan fingerprint density at radius 3 is 2.60 bits per heavy atom. The predicted octanol–water partition coefficient (Wildman–Crippen LogP) is 3.50. The monoisotopic (exact) mass is 210 g/mol. The third-order valence-electron chi connectivity index (χ3n) is 2.67. The van der Waals surface area contributed by atoms with Crippen LogP contribution in [0.3, 0.4) is 0 Å². The highest BCUT2D eigenvalue weighted by Crippen LogP contribution is 2.26. The van der Waals surface area contributed by atoms with E-state index in [1.807, 2.05) is 0 Å². The quantitative estimate of drug-likeness (QED) is 0.731. The van der Waals surface area contributed by atoms with Gasteiger partial charge < -0.3 is 10.3 Å². The molecule has 0 aliphatic heterocycles. The minimum atomic E-state index is 0.400. The van der Waals surface area contributed by atoms with Gasteiger partial charge in [0.1, 0.15) is 5.76 Å². The van der Waals surface area contributed by atoms with Crippen LogP contribution in [-0.2, 0) is 6.42 Å². The number of rotatable bonds is 6. The second-order valence-corrected chi connectivity index (χ2v) is 4.37. The van der Waals surface area contributed by atoms with Gasteiger partial charge in [0.25, 0.3) is 0 Å². The normalized spacial score (nSPS) is 11.2. The molecule has 15 heavy (non-hydrogen) atoms. The van der Waals surface area contributed by atoms with E-state index in [9.17, 15) is 0 Å². The van der Waals surface area contributed by atoms with Crippen molar-refractivity contribution in [1.82, 2.24) is 5.16 Å². The minimum Gasteiger partial charge on any atom is -0.381 e. The highest BCUT2D eigenvalue weighted by Gasteiger charge is 2.16. The van der Waals surface area contributed by atoms with E-state index in [4.69, 9.17) is 10.3 Å². The molecule has 0 aromatic carbocycles. The molecule has 1 aromatic heterocycles. The van der Waals surface area contributed by atoms with Crippen molar-refractivity contribution in [2.45, 2.75) is 58.8 Å². The van der Waals surface area contributed by atoms with Crippen LogP contribution in [-0.4, -0.2) is 5.16 Å². The molecule has 0 bridgehead atoms. The van der Waals surface area contributed by atoms with Crippen LogP contribution in [0, 0.1) is 0 Å². The number of nitrogen functional groups attached to an aromatic ring is 1. The van der Waals surface area contributed by atoms with Gasteiger partial charge in [0.15, 0.2) is 5.82 Å². The van der Waals surface area contributed by atoms with Crippen molar-refractivity contribution in [1.29, 1.82) is 0 Å². The zero-order valence-electron chi connectivity index (χ0n) is 10.0. The molecule has 0 amide bonds. The van der Waals surface area contributed by atoms with Crippen molar-refractivity contribution in [3.05, 3.63) is 11.3 Å². The molecule has 1 aromatic rings. The molecule has 0 saturated heterocycles. The second kappa shape index (κ2) is 5.79. The highest BCUT2D eigenvalue weighted by atomic mass is 16.5. The molecule has 3 nitrogen and oxygen atoms in total. The number of aromatic nitrogens is 1. The van der Waals surface area contributed by atoms with Crippen LogP contribution >= 0.6 is 0 Å². The van der Waals surface area contributed by atoms with Gasteiger partial charge in [-0.2, -0.15) is 0 Å². The summed E-state index contributed by atoms with van der Waals surface area (Å²) < 4.78 is 5.26. The summed E-state index contributed by atoms with van der Waals surface area (Å²) in [5, 5.41) is 3.84. The number of nitrogens with zero attached hydrogens (tertiary/aromatic N) is 1. The first-order chi connectivity index (χ1) is 7.16. The first-order valence-corrected chi connectivity index (χ1v) is 5.90. The molecule has 3 heteroatoms. The molecular formula is C12H22N2O. The summed E-state index contributed by atoms with van der Waals surface area (Å²) in [4.78, 5) is 0. The molecule has 0 unspecified atom stereocenters. The molecule has 1 heterocycles. The Balaban J connectivity index is 2.53. The Morgan fingerprint density at radius 2 is 2.00 bits per heavy atom. The number of hydrogen-bond donors (Lipinski definition) is 1. The number of anilines is 1. The van der Waals surface area contributed by atoms with Gasteiger partial charge in [-0.3, -0.25) is 0 Å². The highest BCUT2D eigenvalue weighted by molar-refractivity contribution is 5.42. The maximum Gasteiger partial charge on any atom is 0.170 e. The zero-order valence-corrected chi connectivity index (χ0v) is 10.0. The van der Waals surface area contributed by atoms with Gasteiger partial charge in [0.05, 0.1) is 0 Å². The summed E-state index contributed by atoms with van der Waals surface area (Å²) in [7, 11) is 0. The minimum absolute atomic E-state index is 0.400. The van der Waals surface area contributed by atoms with Gasteiger partial charge in [0, 0.05) is 12.0 Å². The van der Waals surface area contributed by atoms with Gasteiger partial charge in [0.2, 0.25) is 0 Å². The maximum atomic E-state index is 5.77. The summed E-state index contributed by atoms with van der Waals surface area (Å²) in [6.07, 6.45) is 5.95. The van der Waals surface area contributed by atoms with Crippen LogP contribution in [0.25, 0.3) is 0 Å². The van der Waals surface area contributed by atoms with Crippen LogP contribution in [0.4, 0.5) is 5.82 Å². The second-order valence-electron chi connectivity index (χ2n) is 4.37. The van der Waals surface area contributed by atoms with E-state index in [1.54, 1.807) is 0 Å². The van der Waals surface area contributed by atoms with E-state index < -0.39 is 0 Å². The van der Waals surface area contributed by atoms with Crippen molar-refractivity contribution in [2.24, 2.45) is 0 Å². The van der Waals surface area contributed by atoms with E-state index in [0.717, 1.165) is 17.7 Å². The van der Waals surface area contributed by atoms with Crippen LogP contribution in [0.1, 0.15) is 63.7 Å². The van der Waals surface area contributed by atoms with Gasteiger partial charge >= 0.3 is 0 Å². The van der Waals surface area contributed by atoms with Crippen LogP contribution in [0.2, 0.25) is 0 Å². The van der Waals surface area contributed by atoms with Gasteiger partial charge in [-0.05, 0) is 12.3 Å². The average Bonchev–Trinajstić information content (AvgIpc) is 2.54. The number of hydrogen-bond acceptors (Lipinski definition) is 3. The fraction of sp³-hybridized carbons (Fsp3) is 0.750. The Morgan fingerprint density at radius 1 is 1.27 bits per heavy atom. The number of nitrogens with two attached hydrogens (primary N) is 1. The van der Waals surface area contributed by atoms with Gasteiger partial charge in [-0.25, -0.2) is 0 Å². The van der Waals surface area contributed by atoms with Crippen molar-refractivity contribution in [3.63, 3.8) is 0 Å². The predicted molar refractivity (Wildman–Crippen MR) is 62.9 cm³/mol. The average molecular weight is 210 g/mol. The smallest absolute Gasteiger partial charge is 0.170 e. The van der Waals surface area contributed by atoms with E-state index in [1.165, 1.54) is 25.7 Å². The van der Waals surface area contributed by atoms with Crippen molar-refractivity contribution >= 4 is 5.82 Å². The Kier molecular flexibility index (Phi) is 4.66. The van der Waals surface area contributed by atoms with Crippen molar-refractivity contribution in [3.8, 4) is 0 Å². The maximum absolute atomic E-state index is 5.77. The SMILES string of the molecule is CCCCCCc1onc(N)c1C(C)C. The van der Waals surface area contributed by atoms with Crippen LogP contribution in [0.15, 0.2) is 4.52 Å². The molecule has 0 spiro atoms. The molecule has 0 saturated carbocycles. The lowest BCUT2D eigenvalue weighted by atomic mass is 10.0. The lowest BCUT2D eigenvalue weighted by Gasteiger charge is -2.04. The zero-order chi connectivity index (χ0) is 11.3. The first-order valence-electron chi connectivity index (χ1n) is 5.90. The molecule has 0 fully saturated rings. The summed E-state index contributed by atoms with van der Waals surface area (Å²) in [5.74, 6) is 1.95. The van der Waals surface area contributed by atoms with E-state index in [2.05, 4.69) is 25.9 Å². The van der Waals surface area contributed by atoms with E-state index in [0.29, 0.717) is 11.7 Å². The number of aryl methyl sites for hydroxylation is 1. The van der Waals surface area contributed by atoms with Crippen LogP contribution < -0.4 is 5.73 Å². The van der Waals surface area contributed by atoms with Gasteiger partial charge in [-0.15, -0.1) is 0 Å². The molecule has 0 atom stereocenters. The Hall–Kier alpha value is -0.990. The topological polar surface area (TPSA) is 52.0 Å². The summed E-state index contributed by atoms with van der Waals surface area (Å²) in [6, 6.07) is 0. The lowest BCUT2D eigenvalue weighted by Crippen LogP contribution is -1.97. The molecule has 1 rings (SSSR count). The molecule has 2 N–H and O–H groups in total.